The molecule has 1 atom stereocenters. The van der Waals surface area contributed by atoms with Gasteiger partial charge in [-0.1, -0.05) is 6.92 Å². The number of fused-ring (bicyclic) bond motifs is 1. The summed E-state index contributed by atoms with van der Waals surface area (Å²) in [6.07, 6.45) is 9.53. The fourth-order valence-corrected chi connectivity index (χ4v) is 9.62. The monoisotopic (exact) mass is 830 g/mol. The van der Waals surface area contributed by atoms with Crippen LogP contribution in [0.2, 0.25) is 0 Å². The molecule has 9 rings (SSSR count). The molecule has 13 heteroatoms. The molecule has 1 N–H and O–H groups in total. The Hall–Kier alpha value is -5.40. The van der Waals surface area contributed by atoms with Gasteiger partial charge in [0.25, 0.3) is 5.56 Å². The van der Waals surface area contributed by atoms with Crippen LogP contribution >= 0.6 is 0 Å². The average Bonchev–Trinajstić information content (AvgIpc) is 4.08. The number of ketones is 2. The van der Waals surface area contributed by atoms with Crippen molar-refractivity contribution in [2.24, 2.45) is 24.3 Å². The molecule has 0 radical (unpaired) electrons. The second-order valence-corrected chi connectivity index (χ2v) is 18.2. The van der Waals surface area contributed by atoms with Gasteiger partial charge in [-0.2, -0.15) is 0 Å². The zero-order valence-corrected chi connectivity index (χ0v) is 36.3. The van der Waals surface area contributed by atoms with Crippen LogP contribution < -0.4 is 25.2 Å². The van der Waals surface area contributed by atoms with E-state index in [0.29, 0.717) is 46.6 Å². The number of pyridine rings is 2. The topological polar surface area (TPSA) is 143 Å². The first kappa shape index (κ1) is 42.3. The summed E-state index contributed by atoms with van der Waals surface area (Å²) in [5.74, 6) is 2.32. The maximum absolute atomic E-state index is 13.0. The first-order valence-electron chi connectivity index (χ1n) is 21.7. The molecule has 61 heavy (non-hydrogen) atoms. The molecule has 322 valence electrons. The number of aromatic nitrogens is 2. The normalized spacial score (nSPS) is 20.4. The summed E-state index contributed by atoms with van der Waals surface area (Å²) in [5.41, 5.74) is 6.40. The second-order valence-electron chi connectivity index (χ2n) is 18.2. The van der Waals surface area contributed by atoms with Gasteiger partial charge in [-0.25, -0.2) is 0 Å². The number of methoxy groups -OCH3 is 2. The van der Waals surface area contributed by atoms with Gasteiger partial charge in [-0.15, -0.1) is 0 Å². The van der Waals surface area contributed by atoms with Crippen molar-refractivity contribution in [1.29, 1.82) is 0 Å². The molecule has 13 nitrogen and oxygen atoms in total. The first-order valence-corrected chi connectivity index (χ1v) is 21.7. The Morgan fingerprint density at radius 2 is 1.54 bits per heavy atom. The highest BCUT2D eigenvalue weighted by molar-refractivity contribution is 6.08. The SMILES string of the molecule is CC1CCC(=O)NC1=O.COc1cc(-c2cn(C)c(=O)c3cnc(C4CC4)cc23)cc(OC)c1CN1CC(CN2CCC3(CC2)CN(c2ccc(C(C)=O)c(C(C)=O)c2)C3)C1. The van der Waals surface area contributed by atoms with Crippen molar-refractivity contribution in [1.82, 2.24) is 24.7 Å². The molecule has 2 aromatic heterocycles. The van der Waals surface area contributed by atoms with Crippen molar-refractivity contribution in [3.8, 4) is 22.6 Å². The molecule has 1 spiro atoms. The van der Waals surface area contributed by atoms with Crippen LogP contribution in [0.1, 0.15) is 97.2 Å². The van der Waals surface area contributed by atoms with Gasteiger partial charge in [-0.05, 0) is 112 Å². The number of hydrogen-bond donors (Lipinski definition) is 1. The van der Waals surface area contributed by atoms with Crippen LogP contribution in [0.15, 0.2) is 53.6 Å². The average molecular weight is 831 g/mol. The maximum Gasteiger partial charge on any atom is 0.259 e. The summed E-state index contributed by atoms with van der Waals surface area (Å²) in [4.78, 5) is 70.5. The molecule has 1 saturated carbocycles. The summed E-state index contributed by atoms with van der Waals surface area (Å²) < 4.78 is 13.6. The Labute approximate surface area is 357 Å². The van der Waals surface area contributed by atoms with Gasteiger partial charge in [0.1, 0.15) is 11.5 Å². The predicted molar refractivity (Wildman–Crippen MR) is 235 cm³/mol. The van der Waals surface area contributed by atoms with Crippen LogP contribution in [0.4, 0.5) is 5.69 Å². The molecule has 2 amide bonds. The first-order chi connectivity index (χ1) is 29.2. The van der Waals surface area contributed by atoms with Gasteiger partial charge in [0, 0.05) is 110 Å². The van der Waals surface area contributed by atoms with Crippen molar-refractivity contribution in [3.05, 3.63) is 81.5 Å². The standard InChI is InChI=1S/C42H49N5O5.C6H9NO2/c1-26(48)32-9-8-31(16-33(32)27(2)49)47-24-42(25-47)10-12-45(13-11-42)19-28-20-46(21-28)23-37-39(51-4)14-30(15-40(37)52-5)36-22-44(3)41(50)35-18-43-38(17-34(35)36)29-6-7-29;1-4-2-3-5(8)7-6(4)9/h8-9,14-18,22,28-29H,6-7,10-13,19-21,23-25H2,1-5H3;4H,2-3H2,1H3,(H,7,8,9). The number of hydrogen-bond acceptors (Lipinski definition) is 11. The third kappa shape index (κ3) is 8.86. The molecular weight excluding hydrogens is 773 g/mol. The number of nitrogens with one attached hydrogen (secondary N) is 1. The van der Waals surface area contributed by atoms with Crippen LogP contribution in [-0.4, -0.2) is 103 Å². The van der Waals surface area contributed by atoms with E-state index in [9.17, 15) is 24.0 Å². The summed E-state index contributed by atoms with van der Waals surface area (Å²) in [6.45, 7) is 13.1. The minimum atomic E-state index is -0.141. The molecule has 6 heterocycles. The van der Waals surface area contributed by atoms with E-state index in [1.807, 2.05) is 31.3 Å². The van der Waals surface area contributed by atoms with Crippen LogP contribution in [0, 0.1) is 17.3 Å². The number of benzene rings is 2. The molecule has 5 aliphatic rings. The zero-order chi connectivity index (χ0) is 43.2. The molecule has 4 aliphatic heterocycles. The maximum atomic E-state index is 13.0. The predicted octanol–water partition coefficient (Wildman–Crippen LogP) is 5.99. The van der Waals surface area contributed by atoms with Crippen LogP contribution in [0.3, 0.4) is 0 Å². The number of Topliss-reactive ketones (excluding diaryl/α,β-unsaturated/α-hetero) is 2. The van der Waals surface area contributed by atoms with Crippen LogP contribution in [0.25, 0.3) is 21.9 Å². The number of carbonyl (C=O) groups excluding carboxylic acids is 4. The number of carbonyl (C=O) groups is 4. The van der Waals surface area contributed by atoms with E-state index in [4.69, 9.17) is 9.47 Å². The number of imide groups is 1. The molecular formula is C48H58N6O7. The molecule has 4 saturated heterocycles. The zero-order valence-electron chi connectivity index (χ0n) is 36.3. The van der Waals surface area contributed by atoms with Gasteiger partial charge in [-0.3, -0.25) is 39.2 Å². The van der Waals surface area contributed by atoms with Crippen molar-refractivity contribution >= 4 is 39.8 Å². The summed E-state index contributed by atoms with van der Waals surface area (Å²) in [6, 6.07) is 12.0. The lowest BCUT2D eigenvalue weighted by Gasteiger charge is -2.55. The Bertz CT molecular complexity index is 2410. The quantitative estimate of drug-likeness (QED) is 0.141. The molecule has 1 aliphatic carbocycles. The van der Waals surface area contributed by atoms with E-state index < -0.39 is 0 Å². The lowest BCUT2D eigenvalue weighted by molar-refractivity contribution is -0.135. The van der Waals surface area contributed by atoms with Crippen LogP contribution in [-0.2, 0) is 23.2 Å². The number of ether oxygens (including phenoxy) is 2. The van der Waals surface area contributed by atoms with Gasteiger partial charge >= 0.3 is 0 Å². The molecule has 2 aromatic carbocycles. The lowest BCUT2D eigenvalue weighted by atomic mass is 9.71. The molecule has 4 aromatic rings. The Balaban J connectivity index is 0.000000508. The summed E-state index contributed by atoms with van der Waals surface area (Å²) >= 11 is 0. The minimum Gasteiger partial charge on any atom is -0.496 e. The Morgan fingerprint density at radius 1 is 0.869 bits per heavy atom. The third-order valence-corrected chi connectivity index (χ3v) is 13.5. The van der Waals surface area contributed by atoms with Crippen molar-refractivity contribution in [2.75, 3.05) is 64.9 Å². The second kappa shape index (κ2) is 17.2. The molecule has 5 fully saturated rings. The number of likely N-dealkylation sites (tertiary alicyclic amines) is 2. The van der Waals surface area contributed by atoms with Crippen LogP contribution in [0.5, 0.6) is 11.5 Å². The van der Waals surface area contributed by atoms with E-state index in [1.165, 1.54) is 26.7 Å². The smallest absolute Gasteiger partial charge is 0.259 e. The highest BCUT2D eigenvalue weighted by atomic mass is 16.5. The summed E-state index contributed by atoms with van der Waals surface area (Å²) in [7, 11) is 5.22. The largest absolute Gasteiger partial charge is 0.496 e. The fourth-order valence-electron chi connectivity index (χ4n) is 9.62. The third-order valence-electron chi connectivity index (χ3n) is 13.5. The van der Waals surface area contributed by atoms with Gasteiger partial charge in [0.05, 0.1) is 25.2 Å². The highest BCUT2D eigenvalue weighted by Gasteiger charge is 2.45. The molecule has 1 unspecified atom stereocenters. The lowest BCUT2D eigenvalue weighted by Crippen LogP contribution is -2.61. The number of anilines is 1. The number of aryl methyl sites for hydroxylation is 1. The van der Waals surface area contributed by atoms with Crippen molar-refractivity contribution in [2.45, 2.75) is 71.8 Å². The van der Waals surface area contributed by atoms with E-state index in [-0.39, 0.29) is 34.9 Å². The highest BCUT2D eigenvalue weighted by Crippen LogP contribution is 2.44. The number of piperidine rings is 2. The fraction of sp³-hybridized carbons (Fsp3) is 0.500. The van der Waals surface area contributed by atoms with E-state index in [1.54, 1.807) is 32.0 Å². The van der Waals surface area contributed by atoms with Crippen molar-refractivity contribution < 1.29 is 28.7 Å². The van der Waals surface area contributed by atoms with Gasteiger partial charge in [0.2, 0.25) is 11.8 Å². The number of rotatable bonds is 11. The van der Waals surface area contributed by atoms with Gasteiger partial charge < -0.3 is 23.8 Å². The van der Waals surface area contributed by atoms with Crippen molar-refractivity contribution in [3.63, 3.8) is 0 Å². The Kier molecular flexibility index (Phi) is 11.9. The number of nitrogens with zero attached hydrogens (tertiary/aromatic N) is 5. The van der Waals surface area contributed by atoms with E-state index in [2.05, 4.69) is 43.2 Å². The minimum absolute atomic E-state index is 0.0164. The van der Waals surface area contributed by atoms with E-state index in [0.717, 1.165) is 110 Å². The number of amides is 2. The molecule has 0 bridgehead atoms. The Morgan fingerprint density at radius 3 is 2.13 bits per heavy atom. The van der Waals surface area contributed by atoms with E-state index >= 15 is 0 Å². The van der Waals surface area contributed by atoms with Gasteiger partial charge in [0.15, 0.2) is 11.6 Å². The summed E-state index contributed by atoms with van der Waals surface area (Å²) in [5, 5.41) is 3.80.